The number of hydrogen-bond donors (Lipinski definition) is 2. The van der Waals surface area contributed by atoms with Gasteiger partial charge in [-0.25, -0.2) is 4.79 Å². The summed E-state index contributed by atoms with van der Waals surface area (Å²) in [7, 11) is 1.29. The molecule has 3 aliphatic rings. The second kappa shape index (κ2) is 11.5. The first-order valence-corrected chi connectivity index (χ1v) is 12.8. The summed E-state index contributed by atoms with van der Waals surface area (Å²) in [6.45, 7) is 4.54. The summed E-state index contributed by atoms with van der Waals surface area (Å²) in [5.41, 5.74) is 10.5. The fraction of sp³-hybridized carbons (Fsp3) is 0.571. The van der Waals surface area contributed by atoms with E-state index in [0.29, 0.717) is 11.4 Å². The van der Waals surface area contributed by atoms with Crippen LogP contribution in [0.15, 0.2) is 28.0 Å². The average Bonchev–Trinajstić information content (AvgIpc) is 3.18. The van der Waals surface area contributed by atoms with E-state index in [-0.39, 0.29) is 36.0 Å². The molecule has 0 aromatic heterocycles. The number of carbonyl (C=O) groups is 4. The Morgan fingerprint density at radius 3 is 2.58 bits per heavy atom. The fourth-order valence-electron chi connectivity index (χ4n) is 3.39. The molecule has 0 aromatic rings. The van der Waals surface area contributed by atoms with E-state index >= 15 is 0 Å². The summed E-state index contributed by atoms with van der Waals surface area (Å²) in [5.74, 6) is -2.34. The molecule has 2 unspecified atom stereocenters. The van der Waals surface area contributed by atoms with Crippen molar-refractivity contribution in [3.63, 3.8) is 0 Å². The molecule has 2 amide bonds. The molecule has 36 heavy (non-hydrogen) atoms. The van der Waals surface area contributed by atoms with Gasteiger partial charge in [0, 0.05) is 11.2 Å². The molecule has 4 N–H and O–H groups in total. The van der Waals surface area contributed by atoms with Crippen LogP contribution in [0.5, 0.6) is 0 Å². The van der Waals surface area contributed by atoms with E-state index in [2.05, 4.69) is 5.16 Å². The van der Waals surface area contributed by atoms with Crippen LogP contribution in [0.4, 0.5) is 0 Å². The molecule has 13 nitrogen and oxygen atoms in total. The highest BCUT2D eigenvalue weighted by molar-refractivity contribution is 8.02. The van der Waals surface area contributed by atoms with E-state index in [4.69, 9.17) is 30.5 Å². The van der Waals surface area contributed by atoms with Crippen LogP contribution in [0.3, 0.4) is 0 Å². The molecule has 0 spiro atoms. The first-order chi connectivity index (χ1) is 17.0. The number of nitrogens with two attached hydrogens (primary N) is 2. The minimum atomic E-state index is -0.786. The van der Waals surface area contributed by atoms with Gasteiger partial charge in [0.25, 0.3) is 5.91 Å². The summed E-state index contributed by atoms with van der Waals surface area (Å²) in [4.78, 5) is 56.5. The maximum atomic E-state index is 12.8. The predicted molar refractivity (Wildman–Crippen MR) is 131 cm³/mol. The Bertz CT molecular complexity index is 1010. The zero-order chi connectivity index (χ0) is 26.6. The van der Waals surface area contributed by atoms with Gasteiger partial charge in [0.2, 0.25) is 12.7 Å². The number of rotatable bonds is 10. The molecule has 15 heteroatoms. The molecule has 198 valence electrons. The zero-order valence-electron chi connectivity index (χ0n) is 20.3. The van der Waals surface area contributed by atoms with Gasteiger partial charge < -0.3 is 35.4 Å². The molecule has 0 aliphatic carbocycles. The van der Waals surface area contributed by atoms with Crippen LogP contribution in [0.2, 0.25) is 0 Å². The molecule has 3 rings (SSSR count). The van der Waals surface area contributed by atoms with Crippen molar-refractivity contribution in [2.75, 3.05) is 33.0 Å². The molecular weight excluding hydrogens is 514 g/mol. The Hall–Kier alpha value is -2.75. The Morgan fingerprint density at radius 2 is 1.94 bits per heavy atom. The van der Waals surface area contributed by atoms with E-state index in [0.717, 1.165) is 0 Å². The van der Waals surface area contributed by atoms with Gasteiger partial charge >= 0.3 is 11.9 Å². The van der Waals surface area contributed by atoms with Gasteiger partial charge in [-0.2, -0.15) is 0 Å². The number of primary amides is 1. The fourth-order valence-corrected chi connectivity index (χ4v) is 5.47. The average molecular weight is 544 g/mol. The monoisotopic (exact) mass is 543 g/mol. The second-order valence-corrected chi connectivity index (χ2v) is 11.0. The Morgan fingerprint density at radius 1 is 1.22 bits per heavy atom. The summed E-state index contributed by atoms with van der Waals surface area (Å²) >= 11 is 2.73. The van der Waals surface area contributed by atoms with Crippen LogP contribution in [-0.4, -0.2) is 83.1 Å². The molecule has 3 atom stereocenters. The summed E-state index contributed by atoms with van der Waals surface area (Å²) in [6, 6.07) is 0. The summed E-state index contributed by atoms with van der Waals surface area (Å²) < 4.78 is 15.8. The highest BCUT2D eigenvalue weighted by Crippen LogP contribution is 2.42. The van der Waals surface area contributed by atoms with Crippen molar-refractivity contribution in [1.29, 1.82) is 0 Å². The molecular formula is C21H29N5O8S2. The quantitative estimate of drug-likeness (QED) is 0.125. The van der Waals surface area contributed by atoms with Crippen LogP contribution in [-0.2, 0) is 38.2 Å². The highest BCUT2D eigenvalue weighted by atomic mass is 32.2. The number of carbonyl (C=O) groups excluding carboxylic acids is 4. The lowest BCUT2D eigenvalue weighted by Crippen LogP contribution is -2.62. The Balaban J connectivity index is 1.52. The number of amides is 2. The number of oxime groups is 1. The summed E-state index contributed by atoms with van der Waals surface area (Å²) in [5, 5.41) is 4.98. The van der Waals surface area contributed by atoms with Gasteiger partial charge in [-0.1, -0.05) is 16.9 Å². The SMILES string of the molecule is CON=C(C(N)=O)C1=CSC(N)N1COCC1C(=O)N2C(C(=O)OCOC(=O)C(C)(C)C)=CCS[C@@H]12. The lowest BCUT2D eigenvalue weighted by molar-refractivity contribution is -0.174. The third kappa shape index (κ3) is 5.96. The molecule has 0 aromatic carbocycles. The van der Waals surface area contributed by atoms with Crippen molar-refractivity contribution in [2.24, 2.45) is 28.0 Å². The third-order valence-electron chi connectivity index (χ3n) is 5.28. The van der Waals surface area contributed by atoms with Crippen LogP contribution in [0, 0.1) is 11.3 Å². The number of esters is 2. The van der Waals surface area contributed by atoms with Crippen LogP contribution in [0.1, 0.15) is 20.8 Å². The van der Waals surface area contributed by atoms with Crippen molar-refractivity contribution >= 4 is 53.0 Å². The topological polar surface area (TPSA) is 176 Å². The Labute approximate surface area is 216 Å². The molecule has 1 fully saturated rings. The van der Waals surface area contributed by atoms with Crippen molar-refractivity contribution in [2.45, 2.75) is 31.6 Å². The Kier molecular flexibility index (Phi) is 8.92. The van der Waals surface area contributed by atoms with E-state index < -0.39 is 41.5 Å². The lowest BCUT2D eigenvalue weighted by atomic mass is 9.97. The van der Waals surface area contributed by atoms with Crippen LogP contribution in [0.25, 0.3) is 0 Å². The lowest BCUT2D eigenvalue weighted by Gasteiger charge is -2.48. The summed E-state index contributed by atoms with van der Waals surface area (Å²) in [6.07, 6.45) is 1.60. The first-order valence-electron chi connectivity index (χ1n) is 10.8. The van der Waals surface area contributed by atoms with Gasteiger partial charge in [-0.15, -0.1) is 11.8 Å². The number of hydrogen-bond acceptors (Lipinski definition) is 13. The predicted octanol–water partition coefficient (Wildman–Crippen LogP) is 0.0859. The van der Waals surface area contributed by atoms with E-state index in [9.17, 15) is 19.2 Å². The molecule has 3 aliphatic heterocycles. The first kappa shape index (κ1) is 27.8. The van der Waals surface area contributed by atoms with Gasteiger partial charge in [-0.3, -0.25) is 19.3 Å². The minimum absolute atomic E-state index is 0.0267. The smallest absolute Gasteiger partial charge is 0.357 e. The van der Waals surface area contributed by atoms with Gasteiger partial charge in [0.05, 0.1) is 29.0 Å². The largest absolute Gasteiger partial charge is 0.427 e. The van der Waals surface area contributed by atoms with E-state index in [1.807, 2.05) is 0 Å². The third-order valence-corrected chi connectivity index (χ3v) is 7.41. The molecule has 0 saturated carbocycles. The number of thioether (sulfide) groups is 2. The van der Waals surface area contributed by atoms with Crippen molar-refractivity contribution < 1.29 is 38.2 Å². The maximum absolute atomic E-state index is 12.8. The molecule has 1 saturated heterocycles. The van der Waals surface area contributed by atoms with Crippen LogP contribution >= 0.6 is 23.5 Å². The number of fused-ring (bicyclic) bond motifs is 1. The standard InChI is InChI=1S/C21H29N5O8S2/c1-21(2,3)19(30)34-10-33-18(29)12-5-6-35-17-11(16(28)26(12)17)7-32-9-25-13(8-36-20(25)23)14(15(22)27)24-31-4/h5,8,11,17,20H,6-7,9-10,23H2,1-4H3,(H2,22,27)/t11?,17-,20?/m0/s1. The van der Waals surface area contributed by atoms with Gasteiger partial charge in [-0.05, 0) is 26.8 Å². The van der Waals surface area contributed by atoms with Crippen molar-refractivity contribution in [3.8, 4) is 0 Å². The van der Waals surface area contributed by atoms with Crippen molar-refractivity contribution in [1.82, 2.24) is 9.80 Å². The number of nitrogens with zero attached hydrogens (tertiary/aromatic N) is 3. The normalized spacial score (nSPS) is 23.9. The van der Waals surface area contributed by atoms with Crippen molar-refractivity contribution in [3.05, 3.63) is 22.9 Å². The van der Waals surface area contributed by atoms with Crippen LogP contribution < -0.4 is 11.5 Å². The molecule has 0 radical (unpaired) electrons. The van der Waals surface area contributed by atoms with Gasteiger partial charge in [0.15, 0.2) is 5.71 Å². The maximum Gasteiger partial charge on any atom is 0.357 e. The number of ether oxygens (including phenoxy) is 3. The van der Waals surface area contributed by atoms with E-state index in [1.165, 1.54) is 35.5 Å². The number of β-lactam (4-membered cyclic amide) rings is 1. The molecule has 0 bridgehead atoms. The molecule has 3 heterocycles. The van der Waals surface area contributed by atoms with Gasteiger partial charge in [0.1, 0.15) is 25.0 Å². The zero-order valence-corrected chi connectivity index (χ0v) is 21.9. The highest BCUT2D eigenvalue weighted by Gasteiger charge is 2.52. The minimum Gasteiger partial charge on any atom is -0.427 e. The second-order valence-electron chi connectivity index (χ2n) is 8.85. The van der Waals surface area contributed by atoms with E-state index in [1.54, 1.807) is 37.2 Å².